The molecule has 0 fully saturated rings. The largest absolute Gasteiger partial charge is 0.398 e. The van der Waals surface area contributed by atoms with Crippen molar-refractivity contribution in [1.29, 1.82) is 0 Å². The Kier molecular flexibility index (Phi) is 4.69. The first kappa shape index (κ1) is 14.5. The zero-order valence-corrected chi connectivity index (χ0v) is 12.5. The maximum Gasteiger partial charge on any atom is 0.234 e. The van der Waals surface area contributed by atoms with Gasteiger partial charge in [0.05, 0.1) is 5.75 Å². The third-order valence-electron chi connectivity index (χ3n) is 3.10. The second-order valence-electron chi connectivity index (χ2n) is 4.62. The van der Waals surface area contributed by atoms with Crippen LogP contribution in [-0.2, 0) is 4.79 Å². The number of hydrogen-bond donors (Lipinski definition) is 2. The van der Waals surface area contributed by atoms with Gasteiger partial charge >= 0.3 is 0 Å². The summed E-state index contributed by atoms with van der Waals surface area (Å²) in [7, 11) is 0. The van der Waals surface area contributed by atoms with Gasteiger partial charge in [0.1, 0.15) is 0 Å². The fraction of sp³-hybridized carbons (Fsp3) is 0.188. The van der Waals surface area contributed by atoms with Crippen LogP contribution in [0.15, 0.2) is 47.4 Å². The van der Waals surface area contributed by atoms with E-state index in [0.717, 1.165) is 27.4 Å². The Hall–Kier alpha value is -1.94. The van der Waals surface area contributed by atoms with Crippen LogP contribution in [0.5, 0.6) is 0 Å². The minimum Gasteiger partial charge on any atom is -0.398 e. The summed E-state index contributed by atoms with van der Waals surface area (Å²) in [5.74, 6) is 0.365. The van der Waals surface area contributed by atoms with Gasteiger partial charge in [0.2, 0.25) is 5.91 Å². The molecular weight excluding hydrogens is 268 g/mol. The number of aryl methyl sites for hydroxylation is 1. The van der Waals surface area contributed by atoms with E-state index in [2.05, 4.69) is 5.32 Å². The van der Waals surface area contributed by atoms with Gasteiger partial charge in [-0.3, -0.25) is 4.79 Å². The van der Waals surface area contributed by atoms with Gasteiger partial charge in [0, 0.05) is 16.3 Å². The number of anilines is 2. The van der Waals surface area contributed by atoms with Crippen molar-refractivity contribution in [2.45, 2.75) is 18.7 Å². The van der Waals surface area contributed by atoms with Crippen molar-refractivity contribution < 1.29 is 4.79 Å². The minimum atomic E-state index is -0.00822. The average molecular weight is 286 g/mol. The van der Waals surface area contributed by atoms with Gasteiger partial charge in [-0.15, -0.1) is 11.8 Å². The normalized spacial score (nSPS) is 10.3. The highest BCUT2D eigenvalue weighted by Crippen LogP contribution is 2.26. The standard InChI is InChI=1S/C16H18N2OS/c1-11-6-3-4-8-14(11)18-16(19)10-20-15-9-5-7-13(17)12(15)2/h3-9H,10,17H2,1-2H3,(H,18,19). The Balaban J connectivity index is 1.96. The summed E-state index contributed by atoms with van der Waals surface area (Å²) in [5.41, 5.74) is 9.57. The molecule has 0 radical (unpaired) electrons. The highest BCUT2D eigenvalue weighted by Gasteiger charge is 2.07. The molecule has 0 unspecified atom stereocenters. The van der Waals surface area contributed by atoms with Gasteiger partial charge in [0.15, 0.2) is 0 Å². The van der Waals surface area contributed by atoms with Crippen LogP contribution < -0.4 is 11.1 Å². The molecule has 20 heavy (non-hydrogen) atoms. The maximum atomic E-state index is 12.0. The van der Waals surface area contributed by atoms with E-state index >= 15 is 0 Å². The van der Waals surface area contributed by atoms with E-state index in [1.165, 1.54) is 11.8 Å². The molecule has 0 aliphatic heterocycles. The lowest BCUT2D eigenvalue weighted by Gasteiger charge is -2.09. The van der Waals surface area contributed by atoms with Crippen LogP contribution in [0, 0.1) is 13.8 Å². The summed E-state index contributed by atoms with van der Waals surface area (Å²) in [6.45, 7) is 3.95. The molecule has 0 saturated carbocycles. The molecule has 2 aromatic rings. The Morgan fingerprint density at radius 1 is 1.15 bits per heavy atom. The smallest absolute Gasteiger partial charge is 0.234 e. The van der Waals surface area contributed by atoms with Crippen LogP contribution in [0.1, 0.15) is 11.1 Å². The number of amides is 1. The molecule has 1 amide bonds. The molecule has 0 spiro atoms. The average Bonchev–Trinajstić information content (AvgIpc) is 2.43. The third kappa shape index (κ3) is 3.54. The Labute approximate surface area is 123 Å². The maximum absolute atomic E-state index is 12.0. The van der Waals surface area contributed by atoms with Gasteiger partial charge in [-0.25, -0.2) is 0 Å². The number of hydrogen-bond acceptors (Lipinski definition) is 3. The second-order valence-corrected chi connectivity index (χ2v) is 5.64. The number of carbonyl (C=O) groups is 1. The Morgan fingerprint density at radius 2 is 1.90 bits per heavy atom. The van der Waals surface area contributed by atoms with E-state index in [1.807, 2.05) is 56.3 Å². The first-order valence-electron chi connectivity index (χ1n) is 6.41. The monoisotopic (exact) mass is 286 g/mol. The Morgan fingerprint density at radius 3 is 2.65 bits per heavy atom. The number of nitrogens with two attached hydrogens (primary N) is 1. The molecule has 3 N–H and O–H groups in total. The number of nitrogens with one attached hydrogen (secondary N) is 1. The topological polar surface area (TPSA) is 55.1 Å². The number of para-hydroxylation sites is 1. The lowest BCUT2D eigenvalue weighted by molar-refractivity contribution is -0.113. The molecule has 0 bridgehead atoms. The highest BCUT2D eigenvalue weighted by atomic mass is 32.2. The summed E-state index contributed by atoms with van der Waals surface area (Å²) < 4.78 is 0. The predicted molar refractivity (Wildman–Crippen MR) is 86.1 cm³/mol. The van der Waals surface area contributed by atoms with E-state index in [-0.39, 0.29) is 5.91 Å². The van der Waals surface area contributed by atoms with Crippen molar-refractivity contribution >= 4 is 29.0 Å². The third-order valence-corrected chi connectivity index (χ3v) is 4.26. The summed E-state index contributed by atoms with van der Waals surface area (Å²) in [4.78, 5) is 13.0. The number of carbonyl (C=O) groups excluding carboxylic acids is 1. The zero-order chi connectivity index (χ0) is 14.5. The van der Waals surface area contributed by atoms with Gasteiger partial charge < -0.3 is 11.1 Å². The van der Waals surface area contributed by atoms with Crippen LogP contribution in [0.25, 0.3) is 0 Å². The predicted octanol–water partition coefficient (Wildman–Crippen LogP) is 3.62. The van der Waals surface area contributed by atoms with Crippen molar-refractivity contribution in [2.24, 2.45) is 0 Å². The number of thioether (sulfide) groups is 1. The lowest BCUT2D eigenvalue weighted by atomic mass is 10.2. The second kappa shape index (κ2) is 6.48. The lowest BCUT2D eigenvalue weighted by Crippen LogP contribution is -2.14. The summed E-state index contributed by atoms with van der Waals surface area (Å²) in [5, 5.41) is 2.92. The molecule has 0 aliphatic carbocycles. The van der Waals surface area contributed by atoms with Crippen molar-refractivity contribution in [1.82, 2.24) is 0 Å². The molecule has 2 rings (SSSR count). The first-order chi connectivity index (χ1) is 9.58. The van der Waals surface area contributed by atoms with Crippen LogP contribution in [0.3, 0.4) is 0 Å². The highest BCUT2D eigenvalue weighted by molar-refractivity contribution is 8.00. The number of benzene rings is 2. The Bertz CT molecular complexity index is 626. The fourth-order valence-corrected chi connectivity index (χ4v) is 2.70. The minimum absolute atomic E-state index is 0.00822. The van der Waals surface area contributed by atoms with Crippen molar-refractivity contribution in [3.63, 3.8) is 0 Å². The molecule has 0 saturated heterocycles. The summed E-state index contributed by atoms with van der Waals surface area (Å²) in [6.07, 6.45) is 0. The molecule has 0 heterocycles. The zero-order valence-electron chi connectivity index (χ0n) is 11.6. The van der Waals surface area contributed by atoms with Gasteiger partial charge in [0.25, 0.3) is 0 Å². The van der Waals surface area contributed by atoms with Gasteiger partial charge in [-0.1, -0.05) is 24.3 Å². The van der Waals surface area contributed by atoms with Crippen LogP contribution in [0.4, 0.5) is 11.4 Å². The molecular formula is C16H18N2OS. The van der Waals surface area contributed by atoms with E-state index in [4.69, 9.17) is 5.73 Å². The van der Waals surface area contributed by atoms with Crippen LogP contribution in [0.2, 0.25) is 0 Å². The van der Waals surface area contributed by atoms with Crippen LogP contribution >= 0.6 is 11.8 Å². The van der Waals surface area contributed by atoms with E-state index in [9.17, 15) is 4.79 Å². The van der Waals surface area contributed by atoms with E-state index < -0.39 is 0 Å². The SMILES string of the molecule is Cc1ccccc1NC(=O)CSc1cccc(N)c1C. The van der Waals surface area contributed by atoms with Gasteiger partial charge in [-0.2, -0.15) is 0 Å². The molecule has 0 atom stereocenters. The molecule has 0 aromatic heterocycles. The molecule has 4 heteroatoms. The summed E-state index contributed by atoms with van der Waals surface area (Å²) in [6, 6.07) is 13.5. The molecule has 104 valence electrons. The fourth-order valence-electron chi connectivity index (χ4n) is 1.83. The summed E-state index contributed by atoms with van der Waals surface area (Å²) >= 11 is 1.50. The molecule has 0 aliphatic rings. The van der Waals surface area contributed by atoms with Crippen molar-refractivity contribution in [2.75, 3.05) is 16.8 Å². The number of rotatable bonds is 4. The van der Waals surface area contributed by atoms with E-state index in [0.29, 0.717) is 5.75 Å². The molecule has 3 nitrogen and oxygen atoms in total. The van der Waals surface area contributed by atoms with Crippen molar-refractivity contribution in [3.05, 3.63) is 53.6 Å². The quantitative estimate of drug-likeness (QED) is 0.667. The van der Waals surface area contributed by atoms with Gasteiger partial charge in [-0.05, 0) is 43.2 Å². The van der Waals surface area contributed by atoms with Crippen LogP contribution in [-0.4, -0.2) is 11.7 Å². The first-order valence-corrected chi connectivity index (χ1v) is 7.40. The van der Waals surface area contributed by atoms with Crippen molar-refractivity contribution in [3.8, 4) is 0 Å². The molecule has 2 aromatic carbocycles. The number of nitrogen functional groups attached to an aromatic ring is 1. The van der Waals surface area contributed by atoms with E-state index in [1.54, 1.807) is 0 Å².